The van der Waals surface area contributed by atoms with Gasteiger partial charge in [0.2, 0.25) is 0 Å². The molecule has 0 unspecified atom stereocenters. The Labute approximate surface area is 202 Å². The van der Waals surface area contributed by atoms with Crippen molar-refractivity contribution in [1.29, 1.82) is 0 Å². The van der Waals surface area contributed by atoms with Crippen molar-refractivity contribution in [2.75, 3.05) is 13.2 Å². The van der Waals surface area contributed by atoms with E-state index in [1.54, 1.807) is 23.6 Å². The maximum Gasteiger partial charge on any atom is 0.326 e. The van der Waals surface area contributed by atoms with Crippen molar-refractivity contribution in [2.45, 2.75) is 26.8 Å². The molecule has 0 spiro atoms. The highest BCUT2D eigenvalue weighted by Crippen LogP contribution is 2.24. The van der Waals surface area contributed by atoms with E-state index < -0.39 is 0 Å². The van der Waals surface area contributed by atoms with E-state index in [1.165, 1.54) is 16.9 Å². The number of hydrogen-bond donors (Lipinski definition) is 0. The second kappa shape index (κ2) is 10.9. The second-order valence-electron chi connectivity index (χ2n) is 7.61. The molecule has 0 saturated carbocycles. The van der Waals surface area contributed by atoms with Gasteiger partial charge < -0.3 is 14.0 Å². The molecule has 1 aromatic heterocycles. The number of hydrogen-bond acceptors (Lipinski definition) is 5. The van der Waals surface area contributed by atoms with Crippen LogP contribution in [0.1, 0.15) is 35.3 Å². The van der Waals surface area contributed by atoms with Crippen LogP contribution in [-0.4, -0.2) is 29.7 Å². The summed E-state index contributed by atoms with van der Waals surface area (Å²) in [6.07, 6.45) is 0.796. The quantitative estimate of drug-likeness (QED) is 0.337. The fourth-order valence-corrected chi connectivity index (χ4v) is 4.69. The molecule has 0 bridgehead atoms. The Morgan fingerprint density at radius 1 is 0.912 bits per heavy atom. The van der Waals surface area contributed by atoms with Gasteiger partial charge in [0, 0.05) is 5.56 Å². The minimum absolute atomic E-state index is 0.0239. The highest BCUT2D eigenvalue weighted by Gasteiger charge is 2.14. The van der Waals surface area contributed by atoms with Crippen LogP contribution in [0.2, 0.25) is 0 Å². The van der Waals surface area contributed by atoms with E-state index in [4.69, 9.17) is 9.47 Å². The van der Waals surface area contributed by atoms with Gasteiger partial charge in [-0.2, -0.15) is 4.99 Å². The summed E-state index contributed by atoms with van der Waals surface area (Å²) < 4.78 is 13.3. The average molecular weight is 475 g/mol. The summed E-state index contributed by atoms with van der Waals surface area (Å²) in [7, 11) is 0. The molecule has 0 radical (unpaired) electrons. The Morgan fingerprint density at radius 2 is 1.65 bits per heavy atom. The molecule has 174 valence electrons. The first-order valence-corrected chi connectivity index (χ1v) is 12.0. The summed E-state index contributed by atoms with van der Waals surface area (Å²) in [4.78, 5) is 30.0. The molecule has 34 heavy (non-hydrogen) atoms. The third kappa shape index (κ3) is 5.61. The van der Waals surface area contributed by atoms with Crippen LogP contribution in [-0.2, 0) is 22.5 Å². The highest BCUT2D eigenvalue weighted by molar-refractivity contribution is 7.16. The molecule has 3 aromatic carbocycles. The number of fused-ring (bicyclic) bond motifs is 1. The number of amides is 1. The van der Waals surface area contributed by atoms with Gasteiger partial charge in [-0.1, -0.05) is 53.8 Å². The molecule has 0 aliphatic rings. The minimum atomic E-state index is -0.379. The molecule has 0 aliphatic heterocycles. The van der Waals surface area contributed by atoms with Crippen LogP contribution in [0.25, 0.3) is 10.2 Å². The van der Waals surface area contributed by atoms with Crippen LogP contribution >= 0.6 is 11.3 Å². The van der Waals surface area contributed by atoms with Gasteiger partial charge in [0.15, 0.2) is 4.80 Å². The van der Waals surface area contributed by atoms with Crippen molar-refractivity contribution in [3.05, 3.63) is 94.3 Å². The standard InChI is InChI=1S/C27H26N2O4S/c1-3-32-22-14-15-23-24(17-22)34-27(29(23)18-25(30)33-4-2)28-26(31)21-12-10-20(11-13-21)16-19-8-6-5-7-9-19/h5-15,17H,3-4,16,18H2,1-2H3. The predicted octanol–water partition coefficient (Wildman–Crippen LogP) is 5.00. The smallest absolute Gasteiger partial charge is 0.326 e. The summed E-state index contributed by atoms with van der Waals surface area (Å²) >= 11 is 1.34. The molecule has 4 rings (SSSR count). The number of thiazole rings is 1. The topological polar surface area (TPSA) is 69.9 Å². The Hall–Kier alpha value is -3.71. The summed E-state index contributed by atoms with van der Waals surface area (Å²) in [6, 6.07) is 23.3. The number of aromatic nitrogens is 1. The molecular formula is C27H26N2O4S. The Kier molecular flexibility index (Phi) is 7.54. The van der Waals surface area contributed by atoms with Gasteiger partial charge in [0.05, 0.1) is 23.4 Å². The summed E-state index contributed by atoms with van der Waals surface area (Å²) in [5.41, 5.74) is 3.62. The van der Waals surface area contributed by atoms with Gasteiger partial charge in [-0.15, -0.1) is 0 Å². The van der Waals surface area contributed by atoms with Crippen LogP contribution in [0.4, 0.5) is 0 Å². The zero-order valence-corrected chi connectivity index (χ0v) is 20.0. The summed E-state index contributed by atoms with van der Waals surface area (Å²) in [6.45, 7) is 4.50. The van der Waals surface area contributed by atoms with Gasteiger partial charge in [0.1, 0.15) is 12.3 Å². The van der Waals surface area contributed by atoms with Crippen LogP contribution < -0.4 is 9.54 Å². The first kappa shape index (κ1) is 23.4. The van der Waals surface area contributed by atoms with Crippen LogP contribution in [0, 0.1) is 0 Å². The summed E-state index contributed by atoms with van der Waals surface area (Å²) in [5.74, 6) is -0.0119. The molecule has 0 saturated heterocycles. The molecule has 6 nitrogen and oxygen atoms in total. The van der Waals surface area contributed by atoms with E-state index in [2.05, 4.69) is 17.1 Å². The summed E-state index contributed by atoms with van der Waals surface area (Å²) in [5, 5.41) is 0. The molecule has 7 heteroatoms. The molecule has 1 heterocycles. The Bertz CT molecular complexity index is 1360. The van der Waals surface area contributed by atoms with Crippen molar-refractivity contribution in [3.63, 3.8) is 0 Å². The molecular weight excluding hydrogens is 448 g/mol. The van der Waals surface area contributed by atoms with Gasteiger partial charge in [-0.25, -0.2) is 0 Å². The van der Waals surface area contributed by atoms with Crippen molar-refractivity contribution >= 4 is 33.4 Å². The van der Waals surface area contributed by atoms with E-state index in [9.17, 15) is 9.59 Å². The van der Waals surface area contributed by atoms with Crippen molar-refractivity contribution in [1.82, 2.24) is 4.57 Å². The largest absolute Gasteiger partial charge is 0.494 e. The number of rotatable bonds is 8. The molecule has 0 N–H and O–H groups in total. The van der Waals surface area contributed by atoms with Crippen LogP contribution in [0.15, 0.2) is 77.8 Å². The fourth-order valence-electron chi connectivity index (χ4n) is 3.63. The van der Waals surface area contributed by atoms with Crippen molar-refractivity contribution in [2.24, 2.45) is 4.99 Å². The maximum atomic E-state index is 13.0. The first-order chi connectivity index (χ1) is 16.6. The van der Waals surface area contributed by atoms with E-state index in [-0.39, 0.29) is 25.0 Å². The van der Waals surface area contributed by atoms with Gasteiger partial charge >= 0.3 is 5.97 Å². The lowest BCUT2D eigenvalue weighted by Crippen LogP contribution is -2.23. The van der Waals surface area contributed by atoms with Crippen molar-refractivity contribution < 1.29 is 19.1 Å². The van der Waals surface area contributed by atoms with Crippen LogP contribution in [0.3, 0.4) is 0 Å². The minimum Gasteiger partial charge on any atom is -0.494 e. The Morgan fingerprint density at radius 3 is 2.35 bits per heavy atom. The van der Waals surface area contributed by atoms with E-state index >= 15 is 0 Å². The lowest BCUT2D eigenvalue weighted by Gasteiger charge is -2.06. The monoisotopic (exact) mass is 474 g/mol. The fraction of sp³-hybridized carbons (Fsp3) is 0.222. The number of benzene rings is 3. The predicted molar refractivity (Wildman–Crippen MR) is 133 cm³/mol. The van der Waals surface area contributed by atoms with Crippen LogP contribution in [0.5, 0.6) is 5.75 Å². The Balaban J connectivity index is 1.65. The van der Waals surface area contributed by atoms with Gasteiger partial charge in [-0.05, 0) is 61.7 Å². The molecule has 0 fully saturated rings. The van der Waals surface area contributed by atoms with Gasteiger partial charge in [0.25, 0.3) is 5.91 Å². The molecule has 0 atom stereocenters. The van der Waals surface area contributed by atoms with E-state index in [0.717, 1.165) is 28.0 Å². The first-order valence-electron chi connectivity index (χ1n) is 11.2. The molecule has 0 aliphatic carbocycles. The molecule has 1 amide bonds. The lowest BCUT2D eigenvalue weighted by atomic mass is 10.0. The van der Waals surface area contributed by atoms with Crippen molar-refractivity contribution in [3.8, 4) is 5.75 Å². The zero-order chi connectivity index (χ0) is 23.9. The number of ether oxygens (including phenoxy) is 2. The number of carbonyl (C=O) groups is 2. The second-order valence-corrected chi connectivity index (χ2v) is 8.62. The zero-order valence-electron chi connectivity index (χ0n) is 19.2. The third-order valence-electron chi connectivity index (χ3n) is 5.21. The molecule has 4 aromatic rings. The maximum absolute atomic E-state index is 13.0. The van der Waals surface area contributed by atoms with E-state index in [0.29, 0.717) is 17.0 Å². The number of esters is 1. The van der Waals surface area contributed by atoms with Gasteiger partial charge in [-0.3, -0.25) is 9.59 Å². The average Bonchev–Trinajstić information content (AvgIpc) is 3.16. The number of carbonyl (C=O) groups excluding carboxylic acids is 2. The lowest BCUT2D eigenvalue weighted by molar-refractivity contribution is -0.143. The SMILES string of the molecule is CCOC(=O)Cn1c(=NC(=O)c2ccc(Cc3ccccc3)cc2)sc2cc(OCC)ccc21. The van der Waals surface area contributed by atoms with E-state index in [1.807, 2.05) is 55.5 Å². The number of nitrogens with zero attached hydrogens (tertiary/aromatic N) is 2. The normalized spacial score (nSPS) is 11.5. The highest BCUT2D eigenvalue weighted by atomic mass is 32.1. The third-order valence-corrected chi connectivity index (χ3v) is 6.25.